The summed E-state index contributed by atoms with van der Waals surface area (Å²) in [6, 6.07) is 15.8. The minimum atomic E-state index is -1.22. The monoisotopic (exact) mass is 1080 g/mol. The number of amides is 9. The number of hydrogen-bond acceptors (Lipinski definition) is 16. The van der Waals surface area contributed by atoms with E-state index < -0.39 is 66.4 Å². The first-order valence-corrected chi connectivity index (χ1v) is 24.2. The van der Waals surface area contributed by atoms with E-state index in [0.717, 1.165) is 0 Å². The van der Waals surface area contributed by atoms with Crippen LogP contribution in [0.5, 0.6) is 23.0 Å². The number of guanidine groups is 1. The molecule has 0 aromatic heterocycles. The maximum atomic E-state index is 13.9. The van der Waals surface area contributed by atoms with Gasteiger partial charge in [0.1, 0.15) is 29.0 Å². The zero-order valence-corrected chi connectivity index (χ0v) is 43.6. The average Bonchev–Trinajstić information content (AvgIpc) is 3.44. The lowest BCUT2D eigenvalue weighted by molar-refractivity contribution is -0.124. The Morgan fingerprint density at radius 1 is 0.474 bits per heavy atom. The smallest absolute Gasteiger partial charge is 0.255 e. The van der Waals surface area contributed by atoms with Gasteiger partial charge in [0.05, 0.1) is 70.3 Å². The van der Waals surface area contributed by atoms with Gasteiger partial charge in [0.2, 0.25) is 29.5 Å². The lowest BCUT2D eigenvalue weighted by Gasteiger charge is -2.20. The number of benzene rings is 4. The number of carbonyl (C=O) groups is 9. The van der Waals surface area contributed by atoms with Crippen molar-refractivity contribution in [3.05, 3.63) is 95.1 Å². The highest BCUT2D eigenvalue weighted by atomic mass is 16.5. The van der Waals surface area contributed by atoms with Crippen molar-refractivity contribution in [2.75, 3.05) is 95.5 Å². The molecule has 9 amide bonds. The van der Waals surface area contributed by atoms with E-state index in [1.54, 1.807) is 0 Å². The fourth-order valence-electron chi connectivity index (χ4n) is 7.20. The van der Waals surface area contributed by atoms with Crippen molar-refractivity contribution in [1.29, 1.82) is 0 Å². The quantitative estimate of drug-likeness (QED) is 0.0187. The summed E-state index contributed by atoms with van der Waals surface area (Å²) in [5.74, 6) is -5.26. The van der Waals surface area contributed by atoms with Gasteiger partial charge in [-0.25, -0.2) is 0 Å². The van der Waals surface area contributed by atoms with Gasteiger partial charge in [0.25, 0.3) is 23.6 Å². The molecule has 0 bridgehead atoms. The van der Waals surface area contributed by atoms with Crippen LogP contribution in [0.15, 0.2) is 77.8 Å². The maximum Gasteiger partial charge on any atom is 0.255 e. The first-order chi connectivity index (χ1) is 37.4. The van der Waals surface area contributed by atoms with Crippen molar-refractivity contribution < 1.29 is 62.1 Å². The number of methoxy groups -OCH3 is 4. The van der Waals surface area contributed by atoms with Gasteiger partial charge < -0.3 is 89.7 Å². The molecule has 418 valence electrons. The van der Waals surface area contributed by atoms with Gasteiger partial charge in [-0.2, -0.15) is 0 Å². The molecule has 4 aromatic carbocycles. The molecule has 0 saturated heterocycles. The van der Waals surface area contributed by atoms with Crippen molar-refractivity contribution in [2.45, 2.75) is 38.1 Å². The van der Waals surface area contributed by atoms with E-state index in [0.29, 0.717) is 19.4 Å². The van der Waals surface area contributed by atoms with Gasteiger partial charge >= 0.3 is 0 Å². The van der Waals surface area contributed by atoms with Crippen molar-refractivity contribution >= 4 is 81.9 Å². The second-order valence-electron chi connectivity index (χ2n) is 16.7. The summed E-state index contributed by atoms with van der Waals surface area (Å²) in [6.07, 6.45) is 1.71. The van der Waals surface area contributed by atoms with Gasteiger partial charge in [-0.05, 0) is 105 Å². The Labute approximate surface area is 449 Å². The van der Waals surface area contributed by atoms with Crippen LogP contribution in [-0.2, 0) is 24.0 Å². The van der Waals surface area contributed by atoms with Crippen LogP contribution >= 0.6 is 0 Å². The summed E-state index contributed by atoms with van der Waals surface area (Å²) in [7, 11) is 5.36. The summed E-state index contributed by atoms with van der Waals surface area (Å²) in [5, 5.41) is 23.3. The summed E-state index contributed by atoms with van der Waals surface area (Å²) in [4.78, 5) is 122. The van der Waals surface area contributed by atoms with Crippen LogP contribution in [-0.4, -0.2) is 139 Å². The number of hydrogen-bond donors (Lipinski definition) is 13. The Kier molecular flexibility index (Phi) is 24.6. The van der Waals surface area contributed by atoms with Gasteiger partial charge in [-0.3, -0.25) is 48.1 Å². The molecular weight excluding hydrogens is 1020 g/mol. The first kappa shape index (κ1) is 61.1. The van der Waals surface area contributed by atoms with Crippen LogP contribution < -0.4 is 89.7 Å². The van der Waals surface area contributed by atoms with Crippen LogP contribution in [0.4, 0.5) is 22.7 Å². The Bertz CT molecular complexity index is 2840. The van der Waals surface area contributed by atoms with Crippen LogP contribution in [0.1, 0.15) is 73.5 Å². The first-order valence-electron chi connectivity index (χ1n) is 24.2. The van der Waals surface area contributed by atoms with Crippen LogP contribution in [0.25, 0.3) is 0 Å². The molecule has 0 saturated carbocycles. The van der Waals surface area contributed by atoms with Crippen molar-refractivity contribution in [3.63, 3.8) is 0 Å². The van der Waals surface area contributed by atoms with E-state index in [-0.39, 0.29) is 125 Å². The molecule has 17 N–H and O–H groups in total. The highest BCUT2D eigenvalue weighted by Crippen LogP contribution is 2.27. The maximum absolute atomic E-state index is 13.9. The van der Waals surface area contributed by atoms with E-state index in [1.807, 2.05) is 0 Å². The summed E-state index contributed by atoms with van der Waals surface area (Å²) in [6.45, 7) is -0.398. The number of ether oxygens (including phenoxy) is 4. The lowest BCUT2D eigenvalue weighted by Crippen LogP contribution is -2.44. The summed E-state index contributed by atoms with van der Waals surface area (Å²) in [5.41, 5.74) is 22.6. The van der Waals surface area contributed by atoms with Gasteiger partial charge in [0, 0.05) is 48.8 Å². The number of anilines is 4. The number of aliphatic imine (C=N–C) groups is 1. The highest BCUT2D eigenvalue weighted by Gasteiger charge is 2.25. The van der Waals surface area contributed by atoms with Crippen molar-refractivity contribution in [1.82, 2.24) is 26.6 Å². The van der Waals surface area contributed by atoms with Crippen molar-refractivity contribution in [3.8, 4) is 23.0 Å². The molecule has 0 aliphatic heterocycles. The summed E-state index contributed by atoms with van der Waals surface area (Å²) < 4.78 is 21.4. The lowest BCUT2D eigenvalue weighted by atomic mass is 10.1. The molecule has 0 aliphatic rings. The average molecular weight is 1080 g/mol. The molecular formula is C51H66N14O13. The second-order valence-corrected chi connectivity index (χ2v) is 16.7. The van der Waals surface area contributed by atoms with Crippen LogP contribution in [0.3, 0.4) is 0 Å². The summed E-state index contributed by atoms with van der Waals surface area (Å²) >= 11 is 0. The predicted octanol–water partition coefficient (Wildman–Crippen LogP) is 0.121. The number of nitrogens with zero attached hydrogens (tertiary/aromatic N) is 1. The number of nitrogens with one attached hydrogen (secondary N) is 9. The molecule has 0 fully saturated rings. The zero-order valence-electron chi connectivity index (χ0n) is 43.6. The predicted molar refractivity (Wildman–Crippen MR) is 290 cm³/mol. The molecule has 1 atom stereocenters. The molecule has 27 nitrogen and oxygen atoms in total. The Morgan fingerprint density at radius 2 is 0.872 bits per heavy atom. The SMILES string of the molecule is COc1ccc(NC(=O)CNC(=O)c2cc(NC(=O)CNC(=O)c3cc(NC(=O)[C@@H](CCCN=C(N)N)NC(=O)c4cc(NC(=O)CNC(=O)CCCCN)ccc4OC)ccc3OC)ccc2OC)cc1C(=O)NCCN. The normalized spacial score (nSPS) is 10.8. The molecule has 27 heteroatoms. The van der Waals surface area contributed by atoms with E-state index in [1.165, 1.54) is 101 Å². The van der Waals surface area contributed by atoms with Crippen LogP contribution in [0, 0.1) is 0 Å². The third-order valence-electron chi connectivity index (χ3n) is 11.0. The number of unbranched alkanes of at least 4 members (excludes halogenated alkanes) is 1. The third-order valence-corrected chi connectivity index (χ3v) is 11.0. The standard InChI is InChI=1S/C51H66N14O13/c1-75-38-14-10-29(22-33(38)46(70)56-21-19-53)62-44(68)27-59-47(71)34-23-30(11-15-39(34)76-2)63-45(69)28-60-48(72)35-25-32(13-17-40(35)77-3)64-50(74)37(8-7-20-57-51(54)55)65-49(73)36-24-31(12-16-41(36)78-4)61-43(67)26-58-42(66)9-5-6-18-52/h10-17,22-25,37H,5-9,18-21,26-28,52-53H2,1-4H3,(H,56,70)(H,58,66)(H,59,71)(H,60,72)(H,61,67)(H,62,68)(H,63,69)(H,64,74)(H,65,73)(H4,54,55,57)/t37-/m1/s1. The number of nitrogens with two attached hydrogens (primary N) is 4. The van der Waals surface area contributed by atoms with E-state index >= 15 is 0 Å². The Balaban J connectivity index is 1.41. The minimum absolute atomic E-state index is 0.0280. The van der Waals surface area contributed by atoms with Gasteiger partial charge in [-0.1, -0.05) is 0 Å². The molecule has 4 rings (SSSR count). The molecule has 0 aliphatic carbocycles. The molecule has 0 radical (unpaired) electrons. The van der Waals surface area contributed by atoms with Crippen LogP contribution in [0.2, 0.25) is 0 Å². The van der Waals surface area contributed by atoms with Crippen molar-refractivity contribution in [2.24, 2.45) is 27.9 Å². The third kappa shape index (κ3) is 19.3. The molecule has 0 unspecified atom stereocenters. The molecule has 0 spiro atoms. The number of rotatable bonds is 30. The highest BCUT2D eigenvalue weighted by molar-refractivity contribution is 6.07. The zero-order chi connectivity index (χ0) is 57.1. The molecule has 78 heavy (non-hydrogen) atoms. The van der Waals surface area contributed by atoms with E-state index in [9.17, 15) is 43.2 Å². The second kappa shape index (κ2) is 31.4. The van der Waals surface area contributed by atoms with E-state index in [2.05, 4.69) is 52.8 Å². The topological polar surface area (TPSA) is 415 Å². The van der Waals surface area contributed by atoms with Gasteiger partial charge in [-0.15, -0.1) is 0 Å². The molecule has 0 heterocycles. The minimum Gasteiger partial charge on any atom is -0.496 e. The molecule has 4 aromatic rings. The largest absolute Gasteiger partial charge is 0.496 e. The fraction of sp³-hybridized carbons (Fsp3) is 0.333. The van der Waals surface area contributed by atoms with E-state index in [4.69, 9.17) is 41.9 Å². The number of carbonyl (C=O) groups excluding carboxylic acids is 9. The van der Waals surface area contributed by atoms with Gasteiger partial charge in [0.15, 0.2) is 5.96 Å². The Hall–Kier alpha value is -9.50. The Morgan fingerprint density at radius 3 is 1.27 bits per heavy atom. The fourth-order valence-corrected chi connectivity index (χ4v) is 7.20.